The minimum Gasteiger partial charge on any atom is -0.479 e. The van der Waals surface area contributed by atoms with Crippen LogP contribution in [0, 0.1) is 0 Å². The zero-order chi connectivity index (χ0) is 16.1. The van der Waals surface area contributed by atoms with Crippen molar-refractivity contribution < 1.29 is 9.47 Å². The molecule has 0 unspecified atom stereocenters. The first-order valence-electron chi connectivity index (χ1n) is 7.39. The van der Waals surface area contributed by atoms with Crippen LogP contribution in [0.4, 0.5) is 0 Å². The van der Waals surface area contributed by atoms with Crippen LogP contribution in [0.15, 0.2) is 55.0 Å². The van der Waals surface area contributed by atoms with Crippen molar-refractivity contribution in [2.45, 2.75) is 13.3 Å². The number of rotatable bonds is 5. The molecular formula is C18H17N3O2. The van der Waals surface area contributed by atoms with Crippen LogP contribution in [0.1, 0.15) is 12.5 Å². The Morgan fingerprint density at radius 3 is 2.35 bits per heavy atom. The molecule has 0 atom stereocenters. The first kappa shape index (κ1) is 15.0. The van der Waals surface area contributed by atoms with E-state index in [1.54, 1.807) is 25.7 Å². The molecule has 2 heterocycles. The Hall–Kier alpha value is -2.95. The van der Waals surface area contributed by atoms with Gasteiger partial charge < -0.3 is 9.47 Å². The van der Waals surface area contributed by atoms with Crippen LogP contribution in [-0.2, 0) is 6.42 Å². The molecule has 0 aliphatic heterocycles. The zero-order valence-electron chi connectivity index (χ0n) is 13.1. The summed E-state index contributed by atoms with van der Waals surface area (Å²) in [6.07, 6.45) is 5.88. The molecule has 0 spiro atoms. The number of aromatic nitrogens is 3. The number of nitrogens with zero attached hydrogens (tertiary/aromatic N) is 3. The fourth-order valence-electron chi connectivity index (χ4n) is 2.22. The molecule has 0 saturated heterocycles. The van der Waals surface area contributed by atoms with E-state index >= 15 is 0 Å². The Labute approximate surface area is 135 Å². The second-order valence-corrected chi connectivity index (χ2v) is 4.87. The molecular weight excluding hydrogens is 290 g/mol. The van der Waals surface area contributed by atoms with Crippen molar-refractivity contribution in [1.29, 1.82) is 0 Å². The highest BCUT2D eigenvalue weighted by molar-refractivity contribution is 5.69. The summed E-state index contributed by atoms with van der Waals surface area (Å²) < 4.78 is 11.2. The molecule has 3 aromatic rings. The van der Waals surface area contributed by atoms with E-state index in [0.29, 0.717) is 17.5 Å². The van der Waals surface area contributed by atoms with Gasteiger partial charge in [-0.2, -0.15) is 0 Å². The van der Waals surface area contributed by atoms with Gasteiger partial charge in [-0.1, -0.05) is 19.1 Å². The lowest BCUT2D eigenvalue weighted by Gasteiger charge is -2.11. The number of ether oxygens (including phenoxy) is 2. The summed E-state index contributed by atoms with van der Waals surface area (Å²) in [5.74, 6) is 1.63. The molecule has 0 N–H and O–H groups in total. The van der Waals surface area contributed by atoms with Crippen LogP contribution in [0.5, 0.6) is 17.5 Å². The molecule has 0 aliphatic rings. The number of hydrogen-bond acceptors (Lipinski definition) is 5. The Kier molecular flexibility index (Phi) is 4.47. The number of methoxy groups -OCH3 is 1. The minimum atomic E-state index is 0.437. The van der Waals surface area contributed by atoms with E-state index in [2.05, 4.69) is 21.9 Å². The van der Waals surface area contributed by atoms with Gasteiger partial charge in [0.1, 0.15) is 11.4 Å². The maximum absolute atomic E-state index is 5.93. The van der Waals surface area contributed by atoms with E-state index in [1.807, 2.05) is 36.4 Å². The predicted molar refractivity (Wildman–Crippen MR) is 87.7 cm³/mol. The number of pyridine rings is 1. The number of benzene rings is 1. The molecule has 23 heavy (non-hydrogen) atoms. The van der Waals surface area contributed by atoms with Gasteiger partial charge in [0.05, 0.1) is 12.7 Å². The molecule has 0 fully saturated rings. The van der Waals surface area contributed by atoms with Gasteiger partial charge in [-0.25, -0.2) is 15.0 Å². The standard InChI is InChI=1S/C18H17N3O2/c1-3-13-6-8-14(9-7-13)23-17-15(5-4-10-20-17)16-18(22-2)21-12-11-19-16/h4-12H,3H2,1-2H3. The number of aryl methyl sites for hydroxylation is 1. The average Bonchev–Trinajstić information content (AvgIpc) is 2.63. The molecule has 0 radical (unpaired) electrons. The highest BCUT2D eigenvalue weighted by atomic mass is 16.5. The van der Waals surface area contributed by atoms with Crippen molar-refractivity contribution in [2.24, 2.45) is 0 Å². The summed E-state index contributed by atoms with van der Waals surface area (Å²) >= 11 is 0. The summed E-state index contributed by atoms with van der Waals surface area (Å²) in [5, 5.41) is 0. The third kappa shape index (κ3) is 3.29. The van der Waals surface area contributed by atoms with Crippen LogP contribution >= 0.6 is 0 Å². The molecule has 1 aromatic carbocycles. The van der Waals surface area contributed by atoms with Crippen molar-refractivity contribution in [2.75, 3.05) is 7.11 Å². The van der Waals surface area contributed by atoms with Crippen LogP contribution < -0.4 is 9.47 Å². The Balaban J connectivity index is 1.97. The lowest BCUT2D eigenvalue weighted by molar-refractivity contribution is 0.397. The average molecular weight is 307 g/mol. The summed E-state index contributed by atoms with van der Waals surface area (Å²) in [6, 6.07) is 11.7. The Morgan fingerprint density at radius 2 is 1.61 bits per heavy atom. The summed E-state index contributed by atoms with van der Waals surface area (Å²) in [4.78, 5) is 12.8. The third-order valence-corrected chi connectivity index (χ3v) is 3.43. The van der Waals surface area contributed by atoms with Crippen molar-refractivity contribution in [3.8, 4) is 28.8 Å². The zero-order valence-corrected chi connectivity index (χ0v) is 13.1. The largest absolute Gasteiger partial charge is 0.479 e. The lowest BCUT2D eigenvalue weighted by atomic mass is 10.1. The van der Waals surface area contributed by atoms with E-state index in [1.165, 1.54) is 5.56 Å². The normalized spacial score (nSPS) is 10.3. The monoisotopic (exact) mass is 307 g/mol. The van der Waals surface area contributed by atoms with E-state index in [9.17, 15) is 0 Å². The van der Waals surface area contributed by atoms with Gasteiger partial charge in [-0.3, -0.25) is 0 Å². The molecule has 3 rings (SSSR count). The van der Waals surface area contributed by atoms with Gasteiger partial charge in [0.15, 0.2) is 0 Å². The smallest absolute Gasteiger partial charge is 0.240 e. The van der Waals surface area contributed by atoms with E-state index in [0.717, 1.165) is 17.7 Å². The molecule has 0 saturated carbocycles. The topological polar surface area (TPSA) is 57.1 Å². The van der Waals surface area contributed by atoms with Gasteiger partial charge in [-0.15, -0.1) is 0 Å². The minimum absolute atomic E-state index is 0.437. The van der Waals surface area contributed by atoms with Crippen LogP contribution in [0.2, 0.25) is 0 Å². The fraction of sp³-hybridized carbons (Fsp3) is 0.167. The Morgan fingerprint density at radius 1 is 0.870 bits per heavy atom. The van der Waals surface area contributed by atoms with Gasteiger partial charge >= 0.3 is 0 Å². The maximum atomic E-state index is 5.93. The molecule has 0 aliphatic carbocycles. The molecule has 116 valence electrons. The van der Waals surface area contributed by atoms with Crippen molar-refractivity contribution in [1.82, 2.24) is 15.0 Å². The summed E-state index contributed by atoms with van der Waals surface area (Å²) in [7, 11) is 1.56. The fourth-order valence-corrected chi connectivity index (χ4v) is 2.22. The van der Waals surface area contributed by atoms with Crippen LogP contribution in [0.25, 0.3) is 11.3 Å². The molecule has 0 amide bonds. The quantitative estimate of drug-likeness (QED) is 0.715. The highest BCUT2D eigenvalue weighted by Crippen LogP contribution is 2.33. The van der Waals surface area contributed by atoms with E-state index < -0.39 is 0 Å². The van der Waals surface area contributed by atoms with Crippen molar-refractivity contribution >= 4 is 0 Å². The second kappa shape index (κ2) is 6.87. The molecule has 5 heteroatoms. The van der Waals surface area contributed by atoms with Crippen LogP contribution in [-0.4, -0.2) is 22.1 Å². The molecule has 0 bridgehead atoms. The van der Waals surface area contributed by atoms with E-state index in [-0.39, 0.29) is 0 Å². The van der Waals surface area contributed by atoms with E-state index in [4.69, 9.17) is 9.47 Å². The second-order valence-electron chi connectivity index (χ2n) is 4.87. The first-order valence-corrected chi connectivity index (χ1v) is 7.39. The lowest BCUT2D eigenvalue weighted by Crippen LogP contribution is -1.97. The Bertz CT molecular complexity index is 788. The highest BCUT2D eigenvalue weighted by Gasteiger charge is 2.15. The van der Waals surface area contributed by atoms with Gasteiger partial charge in [-0.05, 0) is 36.2 Å². The van der Waals surface area contributed by atoms with Gasteiger partial charge in [0.25, 0.3) is 0 Å². The summed E-state index contributed by atoms with van der Waals surface area (Å²) in [6.45, 7) is 2.12. The third-order valence-electron chi connectivity index (χ3n) is 3.43. The van der Waals surface area contributed by atoms with Crippen LogP contribution in [0.3, 0.4) is 0 Å². The van der Waals surface area contributed by atoms with Crippen molar-refractivity contribution in [3.63, 3.8) is 0 Å². The number of hydrogen-bond donors (Lipinski definition) is 0. The maximum Gasteiger partial charge on any atom is 0.240 e. The predicted octanol–water partition coefficient (Wildman–Crippen LogP) is 3.90. The molecule has 2 aromatic heterocycles. The van der Waals surface area contributed by atoms with Crippen molar-refractivity contribution in [3.05, 3.63) is 60.6 Å². The van der Waals surface area contributed by atoms with Gasteiger partial charge in [0.2, 0.25) is 11.8 Å². The summed E-state index contributed by atoms with van der Waals surface area (Å²) in [5.41, 5.74) is 2.59. The molecule has 5 nitrogen and oxygen atoms in total. The van der Waals surface area contributed by atoms with Gasteiger partial charge in [0, 0.05) is 18.6 Å². The SMILES string of the molecule is CCc1ccc(Oc2ncccc2-c2nccnc2OC)cc1. The first-order chi connectivity index (χ1) is 11.3.